The van der Waals surface area contributed by atoms with Crippen molar-refractivity contribution in [2.45, 2.75) is 6.61 Å². The third-order valence-electron chi connectivity index (χ3n) is 2.83. The van der Waals surface area contributed by atoms with Crippen molar-refractivity contribution in [1.82, 2.24) is 9.78 Å². The van der Waals surface area contributed by atoms with Gasteiger partial charge in [0.05, 0.1) is 11.3 Å². The van der Waals surface area contributed by atoms with Gasteiger partial charge in [-0.05, 0) is 35.2 Å². The number of ether oxygens (including phenoxy) is 1. The molecule has 2 heterocycles. The molecule has 0 bridgehead atoms. The molecule has 0 aliphatic rings. The molecule has 5 heteroatoms. The van der Waals surface area contributed by atoms with Gasteiger partial charge in [0.1, 0.15) is 6.61 Å². The van der Waals surface area contributed by atoms with Crippen molar-refractivity contribution in [3.63, 3.8) is 0 Å². The first-order valence-corrected chi connectivity index (χ1v) is 7.05. The Balaban J connectivity index is 1.63. The zero-order valence-electron chi connectivity index (χ0n) is 10.6. The highest BCUT2D eigenvalue weighted by Gasteiger charge is 2.07. The van der Waals surface area contributed by atoms with Gasteiger partial charge in [-0.25, -0.2) is 9.48 Å². The van der Waals surface area contributed by atoms with E-state index in [2.05, 4.69) is 5.10 Å². The van der Waals surface area contributed by atoms with Crippen molar-refractivity contribution >= 4 is 17.3 Å². The Bertz CT molecular complexity index is 673. The van der Waals surface area contributed by atoms with E-state index < -0.39 is 0 Å². The van der Waals surface area contributed by atoms with E-state index in [1.165, 1.54) is 11.3 Å². The fourth-order valence-electron chi connectivity index (χ4n) is 1.78. The van der Waals surface area contributed by atoms with Crippen LogP contribution in [0.25, 0.3) is 5.69 Å². The number of nitrogens with zero attached hydrogens (tertiary/aromatic N) is 2. The summed E-state index contributed by atoms with van der Waals surface area (Å²) < 4.78 is 7.03. The first-order chi connectivity index (χ1) is 9.83. The van der Waals surface area contributed by atoms with Gasteiger partial charge in [0, 0.05) is 17.8 Å². The molecule has 0 aliphatic heterocycles. The fourth-order valence-corrected chi connectivity index (χ4v) is 2.40. The van der Waals surface area contributed by atoms with Crippen molar-refractivity contribution in [2.24, 2.45) is 0 Å². The Labute approximate surface area is 120 Å². The molecule has 0 aliphatic carbocycles. The van der Waals surface area contributed by atoms with Gasteiger partial charge in [0.2, 0.25) is 0 Å². The summed E-state index contributed by atoms with van der Waals surface area (Å²) in [6, 6.07) is 11.4. The van der Waals surface area contributed by atoms with Crippen LogP contribution in [0.4, 0.5) is 0 Å². The normalized spacial score (nSPS) is 10.4. The topological polar surface area (TPSA) is 44.1 Å². The molecule has 0 saturated heterocycles. The molecule has 0 amide bonds. The standard InChI is InChI=1S/C15H12N2O2S/c18-15(13-6-9-20-11-13)19-10-12-2-4-14(5-3-12)17-8-1-7-16-17/h1-9,11H,10H2. The van der Waals surface area contributed by atoms with E-state index in [0.29, 0.717) is 5.56 Å². The second-order valence-corrected chi connectivity index (χ2v) is 4.99. The number of aromatic nitrogens is 2. The SMILES string of the molecule is O=C(OCc1ccc(-n2cccn2)cc1)c1ccsc1. The molecule has 0 fully saturated rings. The lowest BCUT2D eigenvalue weighted by atomic mass is 10.2. The van der Waals surface area contributed by atoms with Crippen LogP contribution in [-0.4, -0.2) is 15.7 Å². The van der Waals surface area contributed by atoms with Gasteiger partial charge in [-0.3, -0.25) is 0 Å². The van der Waals surface area contributed by atoms with Crippen molar-refractivity contribution < 1.29 is 9.53 Å². The summed E-state index contributed by atoms with van der Waals surface area (Å²) >= 11 is 1.48. The minimum atomic E-state index is -0.289. The molecule has 100 valence electrons. The van der Waals surface area contributed by atoms with Gasteiger partial charge in [0.25, 0.3) is 0 Å². The average molecular weight is 284 g/mol. The van der Waals surface area contributed by atoms with E-state index in [0.717, 1.165) is 11.3 Å². The molecule has 3 rings (SSSR count). The highest BCUT2D eigenvalue weighted by molar-refractivity contribution is 7.08. The van der Waals surface area contributed by atoms with Crippen molar-refractivity contribution in [2.75, 3.05) is 0 Å². The molecule has 0 saturated carbocycles. The van der Waals surface area contributed by atoms with Crippen LogP contribution in [0.3, 0.4) is 0 Å². The van der Waals surface area contributed by atoms with Gasteiger partial charge in [0.15, 0.2) is 0 Å². The lowest BCUT2D eigenvalue weighted by Crippen LogP contribution is -2.04. The summed E-state index contributed by atoms with van der Waals surface area (Å²) in [4.78, 5) is 11.7. The maximum atomic E-state index is 11.7. The molecule has 0 spiro atoms. The molecule has 4 nitrogen and oxygen atoms in total. The predicted molar refractivity (Wildman–Crippen MR) is 77.0 cm³/mol. The maximum Gasteiger partial charge on any atom is 0.339 e. The zero-order valence-corrected chi connectivity index (χ0v) is 11.4. The number of hydrogen-bond donors (Lipinski definition) is 0. The predicted octanol–water partition coefficient (Wildman–Crippen LogP) is 3.29. The van der Waals surface area contributed by atoms with E-state index in [4.69, 9.17) is 4.74 Å². The summed E-state index contributed by atoms with van der Waals surface area (Å²) in [5.41, 5.74) is 2.52. The van der Waals surface area contributed by atoms with E-state index >= 15 is 0 Å². The van der Waals surface area contributed by atoms with Crippen LogP contribution < -0.4 is 0 Å². The Morgan fingerprint density at radius 3 is 2.75 bits per heavy atom. The van der Waals surface area contributed by atoms with Gasteiger partial charge in [-0.2, -0.15) is 16.4 Å². The van der Waals surface area contributed by atoms with Crippen LogP contribution in [0.15, 0.2) is 59.6 Å². The smallest absolute Gasteiger partial charge is 0.339 e. The summed E-state index contributed by atoms with van der Waals surface area (Å²) in [6.45, 7) is 0.272. The molecule has 0 radical (unpaired) electrons. The Morgan fingerprint density at radius 1 is 1.25 bits per heavy atom. The lowest BCUT2D eigenvalue weighted by Gasteiger charge is -2.05. The van der Waals surface area contributed by atoms with Crippen LogP contribution in [-0.2, 0) is 11.3 Å². The molecule has 0 atom stereocenters. The van der Waals surface area contributed by atoms with Crippen LogP contribution >= 0.6 is 11.3 Å². The molecule has 0 N–H and O–H groups in total. The number of esters is 1. The van der Waals surface area contributed by atoms with Crippen LogP contribution in [0.5, 0.6) is 0 Å². The van der Waals surface area contributed by atoms with Crippen LogP contribution in [0, 0.1) is 0 Å². The number of carbonyl (C=O) groups excluding carboxylic acids is 1. The van der Waals surface area contributed by atoms with Crippen LogP contribution in [0.2, 0.25) is 0 Å². The second kappa shape index (κ2) is 5.71. The van der Waals surface area contributed by atoms with Gasteiger partial charge in [-0.1, -0.05) is 12.1 Å². The van der Waals surface area contributed by atoms with Crippen molar-refractivity contribution in [3.8, 4) is 5.69 Å². The summed E-state index contributed by atoms with van der Waals surface area (Å²) in [5, 5.41) is 7.79. The van der Waals surface area contributed by atoms with Gasteiger partial charge in [-0.15, -0.1) is 0 Å². The summed E-state index contributed by atoms with van der Waals surface area (Å²) in [5.74, 6) is -0.289. The zero-order chi connectivity index (χ0) is 13.8. The average Bonchev–Trinajstić information content (AvgIpc) is 3.18. The number of benzene rings is 1. The largest absolute Gasteiger partial charge is 0.457 e. The summed E-state index contributed by atoms with van der Waals surface area (Å²) in [6.07, 6.45) is 3.61. The second-order valence-electron chi connectivity index (χ2n) is 4.21. The minimum absolute atomic E-state index is 0.272. The quantitative estimate of drug-likeness (QED) is 0.690. The molecule has 20 heavy (non-hydrogen) atoms. The molecule has 0 unspecified atom stereocenters. The summed E-state index contributed by atoms with van der Waals surface area (Å²) in [7, 11) is 0. The third kappa shape index (κ3) is 2.78. The molecular weight excluding hydrogens is 272 g/mol. The molecule has 2 aromatic heterocycles. The number of thiophene rings is 1. The third-order valence-corrected chi connectivity index (χ3v) is 3.52. The Morgan fingerprint density at radius 2 is 2.10 bits per heavy atom. The fraction of sp³-hybridized carbons (Fsp3) is 0.0667. The minimum Gasteiger partial charge on any atom is -0.457 e. The highest BCUT2D eigenvalue weighted by atomic mass is 32.1. The molecule has 1 aromatic carbocycles. The van der Waals surface area contributed by atoms with E-state index in [1.54, 1.807) is 22.3 Å². The van der Waals surface area contributed by atoms with E-state index in [-0.39, 0.29) is 12.6 Å². The number of carbonyl (C=O) groups is 1. The van der Waals surface area contributed by atoms with Crippen molar-refractivity contribution in [1.29, 1.82) is 0 Å². The van der Waals surface area contributed by atoms with Crippen LogP contribution in [0.1, 0.15) is 15.9 Å². The first kappa shape index (κ1) is 12.6. The highest BCUT2D eigenvalue weighted by Crippen LogP contribution is 2.12. The molecule has 3 aromatic rings. The molecular formula is C15H12N2O2S. The monoisotopic (exact) mass is 284 g/mol. The number of hydrogen-bond acceptors (Lipinski definition) is 4. The van der Waals surface area contributed by atoms with Gasteiger partial charge < -0.3 is 4.74 Å². The van der Waals surface area contributed by atoms with Gasteiger partial charge >= 0.3 is 5.97 Å². The number of rotatable bonds is 4. The first-order valence-electron chi connectivity index (χ1n) is 6.11. The van der Waals surface area contributed by atoms with E-state index in [9.17, 15) is 4.79 Å². The Hall–Kier alpha value is -2.40. The maximum absolute atomic E-state index is 11.7. The van der Waals surface area contributed by atoms with E-state index in [1.807, 2.05) is 41.9 Å². The Kier molecular flexibility index (Phi) is 3.60. The van der Waals surface area contributed by atoms with Crippen molar-refractivity contribution in [3.05, 3.63) is 70.7 Å². The lowest BCUT2D eigenvalue weighted by molar-refractivity contribution is 0.0473.